The number of rotatable bonds is 5. The largest absolute Gasteiger partial charge is 0.308 e. The molecule has 0 bridgehead atoms. The van der Waals surface area contributed by atoms with Crippen molar-refractivity contribution in [2.24, 2.45) is 0 Å². The molecule has 3 nitrogen and oxygen atoms in total. The van der Waals surface area contributed by atoms with Crippen molar-refractivity contribution < 1.29 is 8.42 Å². The van der Waals surface area contributed by atoms with E-state index in [4.69, 9.17) is 0 Å². The molecule has 18 heavy (non-hydrogen) atoms. The third-order valence-electron chi connectivity index (χ3n) is 2.94. The van der Waals surface area contributed by atoms with Crippen LogP contribution in [-0.2, 0) is 9.84 Å². The van der Waals surface area contributed by atoms with Gasteiger partial charge in [0.15, 0.2) is 9.84 Å². The van der Waals surface area contributed by atoms with Gasteiger partial charge in [0.1, 0.15) is 0 Å². The molecule has 1 aromatic rings. The minimum atomic E-state index is -3.03. The molecular weight excluding hydrogens is 266 g/mol. The molecule has 0 aromatic carbocycles. The van der Waals surface area contributed by atoms with E-state index in [9.17, 15) is 8.42 Å². The Bertz CT molecular complexity index is 483. The van der Waals surface area contributed by atoms with Crippen LogP contribution in [0.4, 0.5) is 0 Å². The van der Waals surface area contributed by atoms with E-state index in [1.54, 1.807) is 32.1 Å². The fraction of sp³-hybridized carbons (Fsp3) is 0.692. The van der Waals surface area contributed by atoms with Gasteiger partial charge < -0.3 is 5.32 Å². The monoisotopic (exact) mass is 289 g/mol. The van der Waals surface area contributed by atoms with Crippen molar-refractivity contribution in [1.29, 1.82) is 0 Å². The van der Waals surface area contributed by atoms with Crippen LogP contribution in [0.15, 0.2) is 12.1 Å². The van der Waals surface area contributed by atoms with Crippen LogP contribution >= 0.6 is 11.3 Å². The zero-order chi connectivity index (χ0) is 14.0. The lowest BCUT2D eigenvalue weighted by Gasteiger charge is -2.20. The highest BCUT2D eigenvalue weighted by Gasteiger charge is 2.28. The normalized spacial score (nSPS) is 14.7. The standard InChI is InChI=1S/C13H23NO2S2/c1-10-6-7-12(17-10)11(2)14-8-9-18(15,16)13(3,4)5/h6-7,11,14H,8-9H2,1-5H3. The second kappa shape index (κ2) is 5.72. The summed E-state index contributed by atoms with van der Waals surface area (Å²) in [6, 6.07) is 4.39. The fourth-order valence-corrected chi connectivity index (χ4v) is 3.41. The molecule has 0 saturated heterocycles. The highest BCUT2D eigenvalue weighted by molar-refractivity contribution is 7.92. The predicted octanol–water partition coefficient (Wildman–Crippen LogP) is 2.92. The summed E-state index contributed by atoms with van der Waals surface area (Å²) in [5.41, 5.74) is 0. The Hall–Kier alpha value is -0.390. The Morgan fingerprint density at radius 1 is 1.33 bits per heavy atom. The number of nitrogens with one attached hydrogen (secondary N) is 1. The van der Waals surface area contributed by atoms with Gasteiger partial charge >= 0.3 is 0 Å². The summed E-state index contributed by atoms with van der Waals surface area (Å²) < 4.78 is 23.2. The summed E-state index contributed by atoms with van der Waals surface area (Å²) >= 11 is 1.75. The molecule has 0 radical (unpaired) electrons. The van der Waals surface area contributed by atoms with Gasteiger partial charge in [-0.3, -0.25) is 0 Å². The fourth-order valence-electron chi connectivity index (χ4n) is 1.50. The lowest BCUT2D eigenvalue weighted by molar-refractivity contribution is 0.548. The number of hydrogen-bond donors (Lipinski definition) is 1. The third-order valence-corrected chi connectivity index (χ3v) is 6.73. The molecule has 1 heterocycles. The maximum absolute atomic E-state index is 11.9. The van der Waals surface area contributed by atoms with E-state index in [1.807, 2.05) is 0 Å². The Kier molecular flexibility index (Phi) is 4.98. The molecule has 1 rings (SSSR count). The molecule has 0 saturated carbocycles. The summed E-state index contributed by atoms with van der Waals surface area (Å²) in [6.45, 7) is 9.87. The molecule has 0 fully saturated rings. The van der Waals surface area contributed by atoms with Crippen LogP contribution in [0.1, 0.15) is 43.5 Å². The maximum Gasteiger partial charge on any atom is 0.156 e. The number of thiophene rings is 1. The summed E-state index contributed by atoms with van der Waals surface area (Å²) in [7, 11) is -3.03. The van der Waals surface area contributed by atoms with Crippen LogP contribution in [0, 0.1) is 6.92 Å². The van der Waals surface area contributed by atoms with Crippen LogP contribution in [0.5, 0.6) is 0 Å². The van der Waals surface area contributed by atoms with E-state index in [0.29, 0.717) is 6.54 Å². The van der Waals surface area contributed by atoms with Gasteiger partial charge in [-0.25, -0.2) is 8.42 Å². The van der Waals surface area contributed by atoms with Gasteiger partial charge in [0.05, 0.1) is 10.5 Å². The molecule has 1 atom stereocenters. The van der Waals surface area contributed by atoms with Crippen LogP contribution in [-0.4, -0.2) is 25.5 Å². The molecule has 0 aliphatic heterocycles. The Balaban J connectivity index is 2.48. The highest BCUT2D eigenvalue weighted by Crippen LogP contribution is 2.22. The number of sulfone groups is 1. The second-order valence-corrected chi connectivity index (χ2v) is 9.74. The molecular formula is C13H23NO2S2. The molecule has 0 amide bonds. The Labute approximate surface area is 115 Å². The number of aryl methyl sites for hydroxylation is 1. The summed E-state index contributed by atoms with van der Waals surface area (Å²) in [5, 5.41) is 3.27. The van der Waals surface area contributed by atoms with Crippen LogP contribution in [0.3, 0.4) is 0 Å². The first-order valence-electron chi connectivity index (χ1n) is 6.15. The minimum absolute atomic E-state index is 0.186. The van der Waals surface area contributed by atoms with Gasteiger partial charge in [0, 0.05) is 22.3 Å². The first-order chi connectivity index (χ1) is 8.13. The van der Waals surface area contributed by atoms with Gasteiger partial charge in [-0.05, 0) is 46.8 Å². The topological polar surface area (TPSA) is 46.2 Å². The van der Waals surface area contributed by atoms with Gasteiger partial charge in [0.2, 0.25) is 0 Å². The maximum atomic E-state index is 11.9. The van der Waals surface area contributed by atoms with E-state index in [1.165, 1.54) is 9.75 Å². The van der Waals surface area contributed by atoms with Crippen LogP contribution < -0.4 is 5.32 Å². The van der Waals surface area contributed by atoms with Crippen molar-refractivity contribution in [3.8, 4) is 0 Å². The van der Waals surface area contributed by atoms with E-state index in [0.717, 1.165) is 0 Å². The van der Waals surface area contributed by atoms with Crippen molar-refractivity contribution in [2.75, 3.05) is 12.3 Å². The van der Waals surface area contributed by atoms with E-state index >= 15 is 0 Å². The first kappa shape index (κ1) is 15.7. The van der Waals surface area contributed by atoms with Crippen molar-refractivity contribution in [3.05, 3.63) is 21.9 Å². The summed E-state index contributed by atoms with van der Waals surface area (Å²) in [6.07, 6.45) is 0. The molecule has 0 spiro atoms. The second-order valence-electron chi connectivity index (χ2n) is 5.56. The predicted molar refractivity (Wildman–Crippen MR) is 79.0 cm³/mol. The van der Waals surface area contributed by atoms with E-state index in [-0.39, 0.29) is 11.8 Å². The molecule has 0 aliphatic rings. The summed E-state index contributed by atoms with van der Waals surface area (Å²) in [5.74, 6) is 0.186. The lowest BCUT2D eigenvalue weighted by atomic mass is 10.3. The zero-order valence-electron chi connectivity index (χ0n) is 11.8. The molecule has 104 valence electrons. The SMILES string of the molecule is Cc1ccc(C(C)NCCS(=O)(=O)C(C)(C)C)s1. The third kappa shape index (κ3) is 4.07. The highest BCUT2D eigenvalue weighted by atomic mass is 32.2. The summed E-state index contributed by atoms with van der Waals surface area (Å²) in [4.78, 5) is 2.53. The van der Waals surface area contributed by atoms with Gasteiger partial charge in [-0.15, -0.1) is 11.3 Å². The van der Waals surface area contributed by atoms with E-state index in [2.05, 4.69) is 31.3 Å². The van der Waals surface area contributed by atoms with Crippen molar-refractivity contribution in [2.45, 2.75) is 45.4 Å². The molecule has 5 heteroatoms. The molecule has 0 aliphatic carbocycles. The molecule has 1 unspecified atom stereocenters. The van der Waals surface area contributed by atoms with E-state index < -0.39 is 14.6 Å². The van der Waals surface area contributed by atoms with Crippen LogP contribution in [0.25, 0.3) is 0 Å². The minimum Gasteiger partial charge on any atom is -0.308 e. The van der Waals surface area contributed by atoms with Gasteiger partial charge in [0.25, 0.3) is 0 Å². The average Bonchev–Trinajstić information content (AvgIpc) is 2.62. The molecule has 1 N–H and O–H groups in total. The quantitative estimate of drug-likeness (QED) is 0.906. The molecule has 1 aromatic heterocycles. The van der Waals surface area contributed by atoms with Gasteiger partial charge in [-0.1, -0.05) is 0 Å². The lowest BCUT2D eigenvalue weighted by Crippen LogP contribution is -2.35. The Morgan fingerprint density at radius 2 is 1.94 bits per heavy atom. The smallest absolute Gasteiger partial charge is 0.156 e. The zero-order valence-corrected chi connectivity index (χ0v) is 13.4. The van der Waals surface area contributed by atoms with Crippen molar-refractivity contribution >= 4 is 21.2 Å². The average molecular weight is 289 g/mol. The Morgan fingerprint density at radius 3 is 2.39 bits per heavy atom. The van der Waals surface area contributed by atoms with Crippen LogP contribution in [0.2, 0.25) is 0 Å². The van der Waals surface area contributed by atoms with Crippen molar-refractivity contribution in [1.82, 2.24) is 5.32 Å². The number of hydrogen-bond acceptors (Lipinski definition) is 4. The van der Waals surface area contributed by atoms with Crippen molar-refractivity contribution in [3.63, 3.8) is 0 Å². The van der Waals surface area contributed by atoms with Gasteiger partial charge in [-0.2, -0.15) is 0 Å². The first-order valence-corrected chi connectivity index (χ1v) is 8.62.